The normalized spacial score (nSPS) is 11.0. The largest absolute Gasteiger partial charge is 0.399 e. The SMILES string of the molecule is Nc1ccc2ncn(Cc3cc(F)ccc3F)c(=O)c2c1. The molecule has 6 heteroatoms. The highest BCUT2D eigenvalue weighted by atomic mass is 19.1. The van der Waals surface area contributed by atoms with Crippen LogP contribution in [0.5, 0.6) is 0 Å². The van der Waals surface area contributed by atoms with Crippen LogP contribution in [0, 0.1) is 11.6 Å². The summed E-state index contributed by atoms with van der Waals surface area (Å²) in [5.74, 6) is -1.13. The van der Waals surface area contributed by atoms with Crippen LogP contribution in [0.2, 0.25) is 0 Å². The average Bonchev–Trinajstić information content (AvgIpc) is 2.46. The molecule has 3 rings (SSSR count). The summed E-state index contributed by atoms with van der Waals surface area (Å²) in [5, 5.41) is 0.342. The first-order valence-corrected chi connectivity index (χ1v) is 6.23. The minimum Gasteiger partial charge on any atom is -0.399 e. The zero-order valence-electron chi connectivity index (χ0n) is 10.9. The molecule has 0 radical (unpaired) electrons. The minimum absolute atomic E-state index is 0.0853. The van der Waals surface area contributed by atoms with E-state index in [0.29, 0.717) is 16.6 Å². The van der Waals surface area contributed by atoms with E-state index in [4.69, 9.17) is 5.73 Å². The van der Waals surface area contributed by atoms with E-state index in [9.17, 15) is 13.6 Å². The highest BCUT2D eigenvalue weighted by molar-refractivity contribution is 5.80. The summed E-state index contributed by atoms with van der Waals surface area (Å²) < 4.78 is 28.0. The number of nitrogens with two attached hydrogens (primary N) is 1. The second-order valence-electron chi connectivity index (χ2n) is 4.69. The van der Waals surface area contributed by atoms with Gasteiger partial charge in [-0.3, -0.25) is 9.36 Å². The maximum absolute atomic E-state index is 13.6. The Labute approximate surface area is 118 Å². The van der Waals surface area contributed by atoms with Gasteiger partial charge in [0.05, 0.1) is 23.8 Å². The fourth-order valence-corrected chi connectivity index (χ4v) is 2.14. The topological polar surface area (TPSA) is 60.9 Å². The first-order chi connectivity index (χ1) is 10.0. The summed E-state index contributed by atoms with van der Waals surface area (Å²) in [6.45, 7) is -0.0971. The van der Waals surface area contributed by atoms with Gasteiger partial charge in [-0.1, -0.05) is 0 Å². The molecule has 0 unspecified atom stereocenters. The van der Waals surface area contributed by atoms with E-state index >= 15 is 0 Å². The quantitative estimate of drug-likeness (QED) is 0.736. The van der Waals surface area contributed by atoms with Crippen molar-refractivity contribution in [3.63, 3.8) is 0 Å². The summed E-state index contributed by atoms with van der Waals surface area (Å²) in [4.78, 5) is 16.5. The highest BCUT2D eigenvalue weighted by Gasteiger charge is 2.09. The molecule has 106 valence electrons. The molecule has 4 nitrogen and oxygen atoms in total. The summed E-state index contributed by atoms with van der Waals surface area (Å²) in [6, 6.07) is 7.92. The van der Waals surface area contributed by atoms with Crippen molar-refractivity contribution in [2.45, 2.75) is 6.54 Å². The Balaban J connectivity index is 2.11. The van der Waals surface area contributed by atoms with Gasteiger partial charge in [-0.2, -0.15) is 0 Å². The van der Waals surface area contributed by atoms with Gasteiger partial charge in [-0.25, -0.2) is 13.8 Å². The van der Waals surface area contributed by atoms with E-state index in [0.717, 1.165) is 18.2 Å². The molecule has 0 saturated carbocycles. The van der Waals surface area contributed by atoms with Gasteiger partial charge >= 0.3 is 0 Å². The lowest BCUT2D eigenvalue weighted by Gasteiger charge is -2.08. The molecule has 0 spiro atoms. The minimum atomic E-state index is -0.573. The molecule has 2 N–H and O–H groups in total. The van der Waals surface area contributed by atoms with Crippen molar-refractivity contribution in [1.29, 1.82) is 0 Å². The van der Waals surface area contributed by atoms with Gasteiger partial charge in [0.2, 0.25) is 0 Å². The smallest absolute Gasteiger partial charge is 0.261 e. The Morgan fingerprint density at radius 2 is 1.95 bits per heavy atom. The van der Waals surface area contributed by atoms with Crippen molar-refractivity contribution in [1.82, 2.24) is 9.55 Å². The molecule has 0 amide bonds. The van der Waals surface area contributed by atoms with Gasteiger partial charge in [-0.15, -0.1) is 0 Å². The molecule has 3 aromatic rings. The Morgan fingerprint density at radius 3 is 2.76 bits per heavy atom. The average molecular weight is 287 g/mol. The number of nitrogens with zero attached hydrogens (tertiary/aromatic N) is 2. The number of hydrogen-bond donors (Lipinski definition) is 1. The summed E-state index contributed by atoms with van der Waals surface area (Å²) in [6.07, 6.45) is 1.31. The van der Waals surface area contributed by atoms with Crippen LogP contribution in [0.1, 0.15) is 5.56 Å². The maximum atomic E-state index is 13.6. The van der Waals surface area contributed by atoms with E-state index < -0.39 is 11.6 Å². The third-order valence-corrected chi connectivity index (χ3v) is 3.20. The van der Waals surface area contributed by atoms with Gasteiger partial charge < -0.3 is 5.73 Å². The van der Waals surface area contributed by atoms with E-state index in [1.54, 1.807) is 12.1 Å². The zero-order chi connectivity index (χ0) is 15.0. The van der Waals surface area contributed by atoms with Crippen LogP contribution in [0.15, 0.2) is 47.5 Å². The first-order valence-electron chi connectivity index (χ1n) is 6.23. The van der Waals surface area contributed by atoms with E-state index in [2.05, 4.69) is 4.98 Å². The molecule has 21 heavy (non-hydrogen) atoms. The fourth-order valence-electron chi connectivity index (χ4n) is 2.14. The fraction of sp³-hybridized carbons (Fsp3) is 0.0667. The molecule has 0 aliphatic carbocycles. The number of rotatable bonds is 2. The molecule has 0 saturated heterocycles. The van der Waals surface area contributed by atoms with Gasteiger partial charge in [0.1, 0.15) is 11.6 Å². The van der Waals surface area contributed by atoms with E-state index in [1.165, 1.54) is 17.0 Å². The predicted molar refractivity (Wildman–Crippen MR) is 75.9 cm³/mol. The molecule has 0 atom stereocenters. The van der Waals surface area contributed by atoms with Gasteiger partial charge in [0.25, 0.3) is 5.56 Å². The molecule has 2 aromatic carbocycles. The maximum Gasteiger partial charge on any atom is 0.261 e. The second kappa shape index (κ2) is 4.97. The van der Waals surface area contributed by atoms with Crippen molar-refractivity contribution in [3.05, 3.63) is 70.3 Å². The van der Waals surface area contributed by atoms with E-state index in [-0.39, 0.29) is 17.7 Å². The number of benzene rings is 2. The van der Waals surface area contributed by atoms with Crippen LogP contribution in [0.25, 0.3) is 10.9 Å². The first kappa shape index (κ1) is 13.2. The number of anilines is 1. The second-order valence-corrected chi connectivity index (χ2v) is 4.69. The summed E-state index contributed by atoms with van der Waals surface area (Å²) in [5.41, 5.74) is 6.33. The predicted octanol–water partition coefficient (Wildman–Crippen LogP) is 2.31. The van der Waals surface area contributed by atoms with Gasteiger partial charge in [-0.05, 0) is 36.4 Å². The Hall–Kier alpha value is -2.76. The van der Waals surface area contributed by atoms with Crippen LogP contribution in [0.3, 0.4) is 0 Å². The lowest BCUT2D eigenvalue weighted by Crippen LogP contribution is -2.21. The number of aromatic nitrogens is 2. The monoisotopic (exact) mass is 287 g/mol. The summed E-state index contributed by atoms with van der Waals surface area (Å²) in [7, 11) is 0. The third-order valence-electron chi connectivity index (χ3n) is 3.20. The van der Waals surface area contributed by atoms with Crippen molar-refractivity contribution in [2.24, 2.45) is 0 Å². The molecule has 0 bridgehead atoms. The Kier molecular flexibility index (Phi) is 3.13. The molecule has 1 aromatic heterocycles. The molecule has 0 aliphatic rings. The number of halogens is 2. The highest BCUT2D eigenvalue weighted by Crippen LogP contribution is 2.13. The Morgan fingerprint density at radius 1 is 1.14 bits per heavy atom. The molecule has 1 heterocycles. The van der Waals surface area contributed by atoms with Crippen molar-refractivity contribution < 1.29 is 8.78 Å². The van der Waals surface area contributed by atoms with Crippen LogP contribution < -0.4 is 11.3 Å². The van der Waals surface area contributed by atoms with Crippen LogP contribution in [0.4, 0.5) is 14.5 Å². The standard InChI is InChI=1S/C15H11F2N3O/c16-10-1-3-13(17)9(5-10)7-20-8-19-14-4-2-11(18)6-12(14)15(20)21/h1-6,8H,7,18H2. The van der Waals surface area contributed by atoms with E-state index in [1.807, 2.05) is 0 Å². The molecular formula is C15H11F2N3O. The van der Waals surface area contributed by atoms with Crippen LogP contribution in [-0.4, -0.2) is 9.55 Å². The van der Waals surface area contributed by atoms with Crippen LogP contribution in [-0.2, 0) is 6.54 Å². The van der Waals surface area contributed by atoms with Gasteiger partial charge in [0.15, 0.2) is 0 Å². The van der Waals surface area contributed by atoms with Crippen LogP contribution >= 0.6 is 0 Å². The molecular weight excluding hydrogens is 276 g/mol. The Bertz CT molecular complexity index is 890. The lowest BCUT2D eigenvalue weighted by atomic mass is 10.2. The van der Waals surface area contributed by atoms with Crippen molar-refractivity contribution in [3.8, 4) is 0 Å². The van der Waals surface area contributed by atoms with Gasteiger partial charge in [0, 0.05) is 11.3 Å². The molecule has 0 aliphatic heterocycles. The number of fused-ring (bicyclic) bond motifs is 1. The van der Waals surface area contributed by atoms with Crippen molar-refractivity contribution >= 4 is 16.6 Å². The number of nitrogen functional groups attached to an aromatic ring is 1. The lowest BCUT2D eigenvalue weighted by molar-refractivity contribution is 0.574. The summed E-state index contributed by atoms with van der Waals surface area (Å²) >= 11 is 0. The number of hydrogen-bond acceptors (Lipinski definition) is 3. The third kappa shape index (κ3) is 2.47. The molecule has 0 fully saturated rings. The zero-order valence-corrected chi connectivity index (χ0v) is 10.9. The van der Waals surface area contributed by atoms with Crippen molar-refractivity contribution in [2.75, 3.05) is 5.73 Å².